The number of hydrogen-bond donors (Lipinski definition) is 1. The zero-order chi connectivity index (χ0) is 13.1. The number of nitriles is 1. The lowest BCUT2D eigenvalue weighted by molar-refractivity contribution is 0.0696. The predicted octanol–water partition coefficient (Wildman–Crippen LogP) is 2.46. The van der Waals surface area contributed by atoms with Crippen LogP contribution in [-0.2, 0) is 0 Å². The number of carboxylic acids is 1. The van der Waals surface area contributed by atoms with Crippen LogP contribution >= 0.6 is 0 Å². The number of pyridine rings is 1. The van der Waals surface area contributed by atoms with E-state index in [-0.39, 0.29) is 11.1 Å². The van der Waals surface area contributed by atoms with E-state index in [0.717, 1.165) is 0 Å². The molecule has 1 N–H and O–H groups in total. The standard InChI is InChI=1S/C13H7FN2O2/c14-12-2-1-8(5-15)3-11(12)9-4-10(13(17)18)7-16-6-9/h1-4,6-7H,(H,17,18). The third-order valence-electron chi connectivity index (χ3n) is 2.39. The molecule has 0 unspecified atom stereocenters. The van der Waals surface area contributed by atoms with Gasteiger partial charge < -0.3 is 5.11 Å². The molecule has 1 heterocycles. The number of halogens is 1. The number of rotatable bonds is 2. The first-order valence-corrected chi connectivity index (χ1v) is 5.00. The SMILES string of the molecule is N#Cc1ccc(F)c(-c2cncc(C(=O)O)c2)c1. The van der Waals surface area contributed by atoms with E-state index in [0.29, 0.717) is 11.1 Å². The van der Waals surface area contributed by atoms with Gasteiger partial charge >= 0.3 is 5.97 Å². The van der Waals surface area contributed by atoms with Crippen molar-refractivity contribution in [1.82, 2.24) is 4.98 Å². The van der Waals surface area contributed by atoms with Gasteiger partial charge in [-0.05, 0) is 24.3 Å². The summed E-state index contributed by atoms with van der Waals surface area (Å²) in [5.74, 6) is -1.67. The van der Waals surface area contributed by atoms with Crippen molar-refractivity contribution < 1.29 is 14.3 Å². The summed E-state index contributed by atoms with van der Waals surface area (Å²) in [5.41, 5.74) is 0.746. The summed E-state index contributed by atoms with van der Waals surface area (Å²) < 4.78 is 13.6. The summed E-state index contributed by atoms with van der Waals surface area (Å²) in [6, 6.07) is 7.09. The summed E-state index contributed by atoms with van der Waals surface area (Å²) in [5, 5.41) is 17.6. The number of nitrogens with zero attached hydrogens (tertiary/aromatic N) is 2. The van der Waals surface area contributed by atoms with Gasteiger partial charge in [-0.15, -0.1) is 0 Å². The highest BCUT2D eigenvalue weighted by molar-refractivity contribution is 5.88. The number of carboxylic acid groups (broad SMARTS) is 1. The van der Waals surface area contributed by atoms with Gasteiger partial charge in [0.05, 0.1) is 17.2 Å². The Morgan fingerprint density at radius 3 is 2.78 bits per heavy atom. The number of hydrogen-bond acceptors (Lipinski definition) is 3. The molecule has 0 radical (unpaired) electrons. The second-order valence-electron chi connectivity index (χ2n) is 3.57. The lowest BCUT2D eigenvalue weighted by Crippen LogP contribution is -1.98. The Hall–Kier alpha value is -2.74. The maximum absolute atomic E-state index is 13.6. The van der Waals surface area contributed by atoms with E-state index in [4.69, 9.17) is 10.4 Å². The van der Waals surface area contributed by atoms with Crippen molar-refractivity contribution in [3.05, 3.63) is 53.6 Å². The van der Waals surface area contributed by atoms with E-state index < -0.39 is 11.8 Å². The maximum atomic E-state index is 13.6. The topological polar surface area (TPSA) is 74.0 Å². The van der Waals surface area contributed by atoms with Crippen LogP contribution in [-0.4, -0.2) is 16.1 Å². The highest BCUT2D eigenvalue weighted by Gasteiger charge is 2.10. The first kappa shape index (κ1) is 11.7. The molecular weight excluding hydrogens is 235 g/mol. The summed E-state index contributed by atoms with van der Waals surface area (Å²) in [6.45, 7) is 0. The molecule has 0 aliphatic rings. The van der Waals surface area contributed by atoms with E-state index in [2.05, 4.69) is 4.98 Å². The Balaban J connectivity index is 2.58. The molecule has 2 aromatic rings. The molecule has 0 fully saturated rings. The molecule has 0 amide bonds. The molecule has 0 aliphatic heterocycles. The van der Waals surface area contributed by atoms with Crippen LogP contribution in [0.15, 0.2) is 36.7 Å². The van der Waals surface area contributed by atoms with Gasteiger partial charge in [0, 0.05) is 23.5 Å². The quantitative estimate of drug-likeness (QED) is 0.877. The Morgan fingerprint density at radius 1 is 1.33 bits per heavy atom. The van der Waals surface area contributed by atoms with Gasteiger partial charge in [0.1, 0.15) is 5.82 Å². The van der Waals surface area contributed by atoms with Crippen molar-refractivity contribution in [2.45, 2.75) is 0 Å². The lowest BCUT2D eigenvalue weighted by Gasteiger charge is -2.04. The summed E-state index contributed by atoms with van der Waals surface area (Å²) in [4.78, 5) is 14.6. The lowest BCUT2D eigenvalue weighted by atomic mass is 10.0. The largest absolute Gasteiger partial charge is 0.478 e. The van der Waals surface area contributed by atoms with Gasteiger partial charge in [0.2, 0.25) is 0 Å². The molecule has 0 saturated heterocycles. The predicted molar refractivity (Wildman–Crippen MR) is 61.3 cm³/mol. The van der Waals surface area contributed by atoms with Crippen molar-refractivity contribution >= 4 is 5.97 Å². The number of carbonyl (C=O) groups is 1. The number of benzene rings is 1. The van der Waals surface area contributed by atoms with Crippen LogP contribution in [0, 0.1) is 17.1 Å². The molecule has 1 aromatic heterocycles. The van der Waals surface area contributed by atoms with E-state index in [1.165, 1.54) is 36.7 Å². The maximum Gasteiger partial charge on any atom is 0.337 e. The fraction of sp³-hybridized carbons (Fsp3) is 0. The van der Waals surface area contributed by atoms with Crippen LogP contribution in [0.4, 0.5) is 4.39 Å². The number of aromatic nitrogens is 1. The second kappa shape index (κ2) is 4.63. The first-order valence-electron chi connectivity index (χ1n) is 5.00. The molecule has 0 atom stereocenters. The first-order chi connectivity index (χ1) is 8.61. The molecule has 0 aliphatic carbocycles. The van der Waals surface area contributed by atoms with Crippen molar-refractivity contribution in [3.63, 3.8) is 0 Å². The molecule has 5 heteroatoms. The van der Waals surface area contributed by atoms with Crippen LogP contribution in [0.5, 0.6) is 0 Å². The Labute approximate surface area is 102 Å². The minimum Gasteiger partial charge on any atom is -0.478 e. The Kier molecular flexibility index (Phi) is 3.02. The average molecular weight is 242 g/mol. The zero-order valence-electron chi connectivity index (χ0n) is 9.09. The van der Waals surface area contributed by atoms with Crippen LogP contribution in [0.2, 0.25) is 0 Å². The fourth-order valence-corrected chi connectivity index (χ4v) is 1.52. The summed E-state index contributed by atoms with van der Waals surface area (Å²) in [6.07, 6.45) is 2.53. The normalized spacial score (nSPS) is 9.78. The second-order valence-corrected chi connectivity index (χ2v) is 3.57. The minimum atomic E-state index is -1.14. The van der Waals surface area contributed by atoms with Gasteiger partial charge in [0.25, 0.3) is 0 Å². The molecule has 1 aromatic carbocycles. The van der Waals surface area contributed by atoms with Gasteiger partial charge in [-0.2, -0.15) is 5.26 Å². The molecule has 0 saturated carbocycles. The zero-order valence-corrected chi connectivity index (χ0v) is 9.09. The van der Waals surface area contributed by atoms with Crippen LogP contribution in [0.3, 0.4) is 0 Å². The molecular formula is C13H7FN2O2. The van der Waals surface area contributed by atoms with Gasteiger partial charge in [0.15, 0.2) is 0 Å². The summed E-state index contributed by atoms with van der Waals surface area (Å²) >= 11 is 0. The van der Waals surface area contributed by atoms with Crippen LogP contribution in [0.1, 0.15) is 15.9 Å². The third-order valence-corrected chi connectivity index (χ3v) is 2.39. The highest BCUT2D eigenvalue weighted by atomic mass is 19.1. The van der Waals surface area contributed by atoms with E-state index in [1.807, 2.05) is 6.07 Å². The van der Waals surface area contributed by atoms with E-state index >= 15 is 0 Å². The van der Waals surface area contributed by atoms with Crippen LogP contribution < -0.4 is 0 Å². The monoisotopic (exact) mass is 242 g/mol. The molecule has 0 spiro atoms. The van der Waals surface area contributed by atoms with Crippen molar-refractivity contribution in [2.75, 3.05) is 0 Å². The number of aromatic carboxylic acids is 1. The smallest absolute Gasteiger partial charge is 0.337 e. The fourth-order valence-electron chi connectivity index (χ4n) is 1.52. The third kappa shape index (κ3) is 2.18. The Bertz CT molecular complexity index is 662. The highest BCUT2D eigenvalue weighted by Crippen LogP contribution is 2.24. The molecule has 2 rings (SSSR count). The molecule has 0 bridgehead atoms. The van der Waals surface area contributed by atoms with Crippen molar-refractivity contribution in [2.24, 2.45) is 0 Å². The van der Waals surface area contributed by atoms with E-state index in [1.54, 1.807) is 0 Å². The molecule has 88 valence electrons. The van der Waals surface area contributed by atoms with Crippen LogP contribution in [0.25, 0.3) is 11.1 Å². The van der Waals surface area contributed by atoms with Gasteiger partial charge in [-0.3, -0.25) is 4.98 Å². The van der Waals surface area contributed by atoms with Gasteiger partial charge in [-0.1, -0.05) is 0 Å². The van der Waals surface area contributed by atoms with Crippen molar-refractivity contribution in [3.8, 4) is 17.2 Å². The molecule has 18 heavy (non-hydrogen) atoms. The van der Waals surface area contributed by atoms with Gasteiger partial charge in [-0.25, -0.2) is 9.18 Å². The van der Waals surface area contributed by atoms with Crippen molar-refractivity contribution in [1.29, 1.82) is 5.26 Å². The molecule has 4 nitrogen and oxygen atoms in total. The summed E-state index contributed by atoms with van der Waals surface area (Å²) in [7, 11) is 0. The van der Waals surface area contributed by atoms with E-state index in [9.17, 15) is 9.18 Å². The Morgan fingerprint density at radius 2 is 2.11 bits per heavy atom. The minimum absolute atomic E-state index is 0.0331. The average Bonchev–Trinajstić information content (AvgIpc) is 2.39.